The number of nitrogens with zero attached hydrogens (tertiary/aromatic N) is 3. The Labute approximate surface area is 591 Å². The van der Waals surface area contributed by atoms with Crippen molar-refractivity contribution < 1.29 is 24.6 Å². The van der Waals surface area contributed by atoms with E-state index in [1.54, 1.807) is 46.9 Å². The number of hydrogen-bond donors (Lipinski definition) is 3. The van der Waals surface area contributed by atoms with E-state index < -0.39 is 11.9 Å². The molecule has 0 spiro atoms. The highest BCUT2D eigenvalue weighted by Gasteiger charge is 2.73. The second kappa shape index (κ2) is 24.8. The monoisotopic (exact) mass is 1350 g/mol. The third-order valence-corrected chi connectivity index (χ3v) is 33.5. The maximum atomic E-state index is 13.4. The molecule has 97 heavy (non-hydrogen) atoms. The van der Waals surface area contributed by atoms with Gasteiger partial charge in [-0.3, -0.25) is 4.79 Å². The van der Waals surface area contributed by atoms with Crippen LogP contribution in [0.1, 0.15) is 269 Å². The third kappa shape index (κ3) is 10.6. The molecule has 2 aromatic carbocycles. The van der Waals surface area contributed by atoms with Gasteiger partial charge < -0.3 is 20.4 Å². The number of rotatable bonds is 15. The maximum Gasteiger partial charge on any atom is 0.335 e. The molecule has 9 nitrogen and oxygen atoms in total. The number of ketones is 1. The van der Waals surface area contributed by atoms with Crippen molar-refractivity contribution in [2.75, 3.05) is 16.8 Å². The van der Waals surface area contributed by atoms with Crippen molar-refractivity contribution in [1.29, 1.82) is 0 Å². The number of fused-ring (bicyclic) bond motifs is 14. The first kappa shape index (κ1) is 70.3. The summed E-state index contributed by atoms with van der Waals surface area (Å²) in [4.78, 5) is 49.2. The van der Waals surface area contributed by atoms with Gasteiger partial charge in [0.15, 0.2) is 16.0 Å². The molecule has 10 aliphatic carbocycles. The number of aromatic carboxylic acids is 2. The standard InChI is InChI=1S/C45H62N2O3S.C41H56N2O2S/c1-10-31-27-51-40(46-31)47(26-32(48)11-2)45-23-18-33(28(3)4)38(45)35-16-17-37-42(7)21-19-34(29-12-14-30(15-13-29)39(49)50)41(5,6)36(42)20-22-44(37,9)43(35,8)24-25-45;1-9-28-24-46-36(42-28)43-41-21-16-29(25(2)3)34(41)31-14-15-33-38(6)19-17-30(26-10-12-27(13-11-26)35(44)45)37(4,5)32(38)18-20-40(33,8)39(31,7)22-23-41/h12-15,19,27,33,35-38H,3,10-11,16-18,20-26H2,1-2,4-9H3,(H,49,50);10-13,17,24,29,31-34H,2,9,14-16,18-23H2,1,3-8H3,(H,42,43)(H,44,45)/t33-,35+,36-,37+,38+,42-,43+,44+,45-;29-,31+,32-,33+,34+,38-,39+,40+,41-/m00/s1. The van der Waals surface area contributed by atoms with Crippen LogP contribution in [-0.2, 0) is 17.6 Å². The van der Waals surface area contributed by atoms with E-state index in [0.29, 0.717) is 99.9 Å². The van der Waals surface area contributed by atoms with Gasteiger partial charge in [-0.25, -0.2) is 19.6 Å². The highest BCUT2D eigenvalue weighted by Crippen LogP contribution is 2.80. The molecule has 0 amide bonds. The van der Waals surface area contributed by atoms with Crippen LogP contribution in [0.5, 0.6) is 0 Å². The summed E-state index contributed by atoms with van der Waals surface area (Å²) < 4.78 is 0. The van der Waals surface area contributed by atoms with Crippen molar-refractivity contribution in [3.8, 4) is 0 Å². The number of benzene rings is 2. The Kier molecular flexibility index (Phi) is 18.0. The van der Waals surface area contributed by atoms with E-state index in [1.165, 1.54) is 123 Å². The number of Topliss-reactive ketones (excluding diaryl/α,β-unsaturated/α-hetero) is 1. The molecule has 524 valence electrons. The number of allylic oxidation sites excluding steroid dienone is 6. The van der Waals surface area contributed by atoms with Crippen molar-refractivity contribution in [2.45, 2.75) is 250 Å². The van der Waals surface area contributed by atoms with Gasteiger partial charge in [-0.05, 0) is 291 Å². The molecular weight excluding hydrogens is 1230 g/mol. The molecule has 8 saturated carbocycles. The molecule has 0 aliphatic heterocycles. The lowest BCUT2D eigenvalue weighted by Crippen LogP contribution is -2.68. The summed E-state index contributed by atoms with van der Waals surface area (Å²) in [5.41, 5.74) is 12.5. The lowest BCUT2D eigenvalue weighted by molar-refractivity contribution is -0.217. The summed E-state index contributed by atoms with van der Waals surface area (Å²) >= 11 is 3.55. The zero-order valence-corrected chi connectivity index (χ0v) is 63.6. The van der Waals surface area contributed by atoms with Crippen LogP contribution < -0.4 is 10.2 Å². The van der Waals surface area contributed by atoms with Gasteiger partial charge in [0.25, 0.3) is 0 Å². The van der Waals surface area contributed by atoms with Gasteiger partial charge in [-0.2, -0.15) is 0 Å². The molecule has 10 aliphatic rings. The fourth-order valence-electron chi connectivity index (χ4n) is 26.7. The van der Waals surface area contributed by atoms with E-state index in [4.69, 9.17) is 9.97 Å². The molecule has 0 saturated heterocycles. The summed E-state index contributed by atoms with van der Waals surface area (Å²) in [6.45, 7) is 46.7. The second-order valence-corrected chi connectivity index (χ2v) is 37.8. The summed E-state index contributed by atoms with van der Waals surface area (Å²) in [6.07, 6.45) is 29.6. The quantitative estimate of drug-likeness (QED) is 0.0995. The Bertz CT molecular complexity index is 3800. The van der Waals surface area contributed by atoms with E-state index in [0.717, 1.165) is 60.9 Å². The van der Waals surface area contributed by atoms with Gasteiger partial charge in [0.2, 0.25) is 0 Å². The minimum absolute atomic E-state index is 0.00753. The topological polar surface area (TPSA) is 133 Å². The Morgan fingerprint density at radius 1 is 0.536 bits per heavy atom. The number of aryl methyl sites for hydroxylation is 2. The molecule has 18 atom stereocenters. The molecule has 2 aromatic heterocycles. The summed E-state index contributed by atoms with van der Waals surface area (Å²) in [5.74, 6) is 4.51. The molecule has 0 bridgehead atoms. The Morgan fingerprint density at radius 3 is 1.46 bits per heavy atom. The number of anilines is 2. The van der Waals surface area contributed by atoms with Gasteiger partial charge in [0.05, 0.1) is 29.1 Å². The normalized spacial score (nSPS) is 39.4. The molecule has 0 unspecified atom stereocenters. The van der Waals surface area contributed by atoms with Crippen molar-refractivity contribution in [3.05, 3.63) is 129 Å². The van der Waals surface area contributed by atoms with Crippen LogP contribution in [0, 0.1) is 102 Å². The lowest BCUT2D eigenvalue weighted by atomic mass is 9.33. The number of carbonyl (C=O) groups is 3. The fraction of sp³-hybridized carbons (Fsp3) is 0.663. The molecule has 0 radical (unpaired) electrons. The SMILES string of the molecule is C=C(C)[C@@H]1CC[C@]2(N(CC(=O)CC)c3nc(CC)cs3)CC[C@]3(C)[C@H](CC[C@@H]4[C@@]5(C)CC=C(c6ccc(C(=O)O)cc6)C(C)(C)[C@@H]5CC[C@]43C)[C@@H]12.C=C(C)[C@@H]1CC[C@]2(Nc3nc(CC)cs3)CC[C@]3(C)[C@H](CC[C@@H]4[C@@]5(C)CC=C(c6ccc(C(=O)O)cc6)C(C)(C)[C@@H]5CC[C@]43C)[C@@H]12. The van der Waals surface area contributed by atoms with Gasteiger partial charge in [-0.15, -0.1) is 22.7 Å². The minimum atomic E-state index is -0.871. The van der Waals surface area contributed by atoms with E-state index in [9.17, 15) is 24.6 Å². The first-order valence-electron chi connectivity index (χ1n) is 38.1. The number of aromatic nitrogens is 2. The number of thiazole rings is 2. The van der Waals surface area contributed by atoms with Crippen LogP contribution in [0.4, 0.5) is 10.3 Å². The largest absolute Gasteiger partial charge is 0.478 e. The van der Waals surface area contributed by atoms with Crippen LogP contribution in [0.3, 0.4) is 0 Å². The van der Waals surface area contributed by atoms with Crippen molar-refractivity contribution >= 4 is 61.8 Å². The predicted octanol–water partition coefficient (Wildman–Crippen LogP) is 22.2. The first-order valence-corrected chi connectivity index (χ1v) is 39.9. The average molecular weight is 1350 g/mol. The second-order valence-electron chi connectivity index (χ2n) is 36.1. The zero-order valence-electron chi connectivity index (χ0n) is 61.9. The number of nitrogens with one attached hydrogen (secondary N) is 1. The Balaban J connectivity index is 0.000000176. The molecule has 8 fully saturated rings. The zero-order chi connectivity index (χ0) is 69.6. The minimum Gasteiger partial charge on any atom is -0.478 e. The number of carboxylic acid groups (broad SMARTS) is 2. The van der Waals surface area contributed by atoms with E-state index >= 15 is 0 Å². The molecule has 14 rings (SSSR count). The Morgan fingerprint density at radius 2 is 1.00 bits per heavy atom. The van der Waals surface area contributed by atoms with Crippen LogP contribution >= 0.6 is 22.7 Å². The van der Waals surface area contributed by atoms with E-state index in [2.05, 4.69) is 143 Å². The van der Waals surface area contributed by atoms with Gasteiger partial charge in [0.1, 0.15) is 0 Å². The van der Waals surface area contributed by atoms with Crippen molar-refractivity contribution in [2.24, 2.45) is 102 Å². The number of carbonyl (C=O) groups excluding carboxylic acids is 1. The summed E-state index contributed by atoms with van der Waals surface area (Å²) in [6, 6.07) is 15.2. The van der Waals surface area contributed by atoms with Gasteiger partial charge in [0, 0.05) is 28.3 Å². The molecule has 3 N–H and O–H groups in total. The highest BCUT2D eigenvalue weighted by molar-refractivity contribution is 7.14. The molecule has 2 heterocycles. The third-order valence-electron chi connectivity index (χ3n) is 31.8. The maximum absolute atomic E-state index is 13.4. The molecule has 4 aromatic rings. The van der Waals surface area contributed by atoms with Crippen molar-refractivity contribution in [3.63, 3.8) is 0 Å². The van der Waals surface area contributed by atoms with Crippen LogP contribution in [0.15, 0.2) is 95.7 Å². The fourth-order valence-corrected chi connectivity index (χ4v) is 28.6. The average Bonchev–Trinajstić information content (AvgIpc) is 1.60. The van der Waals surface area contributed by atoms with Crippen LogP contribution in [-0.4, -0.2) is 55.5 Å². The number of carboxylic acids is 2. The highest BCUT2D eigenvalue weighted by atomic mass is 32.1. The van der Waals surface area contributed by atoms with E-state index in [1.807, 2.05) is 31.2 Å². The van der Waals surface area contributed by atoms with Crippen molar-refractivity contribution in [1.82, 2.24) is 9.97 Å². The molecular formula is C86H118N4O5S2. The van der Waals surface area contributed by atoms with Crippen LogP contribution in [0.25, 0.3) is 11.1 Å². The molecule has 11 heteroatoms. The van der Waals surface area contributed by atoms with Gasteiger partial charge in [-0.1, -0.05) is 151 Å². The smallest absolute Gasteiger partial charge is 0.335 e. The van der Waals surface area contributed by atoms with Gasteiger partial charge >= 0.3 is 11.9 Å². The predicted molar refractivity (Wildman–Crippen MR) is 401 cm³/mol. The summed E-state index contributed by atoms with van der Waals surface area (Å²) in [7, 11) is 0. The number of hydrogen-bond acceptors (Lipinski definition) is 9. The first-order chi connectivity index (χ1) is 45.8. The lowest BCUT2D eigenvalue weighted by Gasteiger charge is -2.73. The van der Waals surface area contributed by atoms with E-state index in [-0.39, 0.29) is 43.6 Å². The van der Waals surface area contributed by atoms with Crippen LogP contribution in [0.2, 0.25) is 0 Å². The Hall–Kier alpha value is -5.13. The summed E-state index contributed by atoms with van der Waals surface area (Å²) in [5, 5.41) is 29.8.